The molecule has 1 heterocycles. The molecule has 0 atom stereocenters. The smallest absolute Gasteiger partial charge is 0.497 e. The summed E-state index contributed by atoms with van der Waals surface area (Å²) in [5.74, 6) is -0.533. The first-order valence-corrected chi connectivity index (χ1v) is 7.01. The fraction of sp³-hybridized carbons (Fsp3) is 0.214. The van der Waals surface area contributed by atoms with Gasteiger partial charge in [0.25, 0.3) is 5.91 Å². The van der Waals surface area contributed by atoms with Crippen molar-refractivity contribution in [2.24, 2.45) is 0 Å². The number of methoxy groups -OCH3 is 1. The normalized spacial score (nSPS) is 11.1. The monoisotopic (exact) mass is 331 g/mol. The quantitative estimate of drug-likeness (QED) is 0.911. The highest BCUT2D eigenvalue weighted by Gasteiger charge is 2.32. The molecule has 118 valence electrons. The summed E-state index contributed by atoms with van der Waals surface area (Å²) in [5, 5.41) is 4.28. The summed E-state index contributed by atoms with van der Waals surface area (Å²) >= 11 is 1.24. The molecule has 0 aliphatic carbocycles. The number of rotatable bonds is 5. The maximum atomic E-state index is 12.4. The van der Waals surface area contributed by atoms with E-state index in [-0.39, 0.29) is 23.8 Å². The van der Waals surface area contributed by atoms with Crippen LogP contribution in [0.15, 0.2) is 35.7 Å². The summed E-state index contributed by atoms with van der Waals surface area (Å²) in [7, 11) is 1.34. The maximum absolute atomic E-state index is 12.4. The minimum Gasteiger partial charge on any atom is -0.497 e. The van der Waals surface area contributed by atoms with E-state index in [0.717, 1.165) is 6.07 Å². The van der Waals surface area contributed by atoms with Gasteiger partial charge in [0.05, 0.1) is 12.0 Å². The van der Waals surface area contributed by atoms with Crippen molar-refractivity contribution in [3.8, 4) is 11.5 Å². The molecule has 0 aliphatic rings. The lowest BCUT2D eigenvalue weighted by Gasteiger charge is -2.14. The zero-order valence-corrected chi connectivity index (χ0v) is 12.3. The van der Waals surface area contributed by atoms with E-state index < -0.39 is 12.1 Å². The van der Waals surface area contributed by atoms with Crippen molar-refractivity contribution in [3.05, 3.63) is 46.2 Å². The van der Waals surface area contributed by atoms with Crippen molar-refractivity contribution < 1.29 is 27.4 Å². The first kappa shape index (κ1) is 16.2. The number of alkyl halides is 3. The number of carbonyl (C=O) groups excluding carboxylic acids is 1. The summed E-state index contributed by atoms with van der Waals surface area (Å²) in [6, 6.07) is 7.37. The number of amides is 1. The molecule has 1 aromatic heterocycles. The van der Waals surface area contributed by atoms with Gasteiger partial charge in [0, 0.05) is 18.2 Å². The van der Waals surface area contributed by atoms with Gasteiger partial charge in [-0.3, -0.25) is 4.79 Å². The number of carbonyl (C=O) groups is 1. The van der Waals surface area contributed by atoms with Gasteiger partial charge >= 0.3 is 6.36 Å². The molecule has 1 N–H and O–H groups in total. The highest BCUT2D eigenvalue weighted by atomic mass is 32.1. The van der Waals surface area contributed by atoms with Crippen molar-refractivity contribution in [3.63, 3.8) is 0 Å². The highest BCUT2D eigenvalue weighted by Crippen LogP contribution is 2.30. The molecule has 0 radical (unpaired) electrons. The molecule has 0 saturated heterocycles. The fourth-order valence-electron chi connectivity index (χ4n) is 1.70. The van der Waals surface area contributed by atoms with E-state index in [9.17, 15) is 18.0 Å². The Morgan fingerprint density at radius 2 is 2.09 bits per heavy atom. The molecule has 0 bridgehead atoms. The van der Waals surface area contributed by atoms with E-state index in [4.69, 9.17) is 4.74 Å². The number of nitrogens with one attached hydrogen (secondary N) is 1. The second kappa shape index (κ2) is 6.69. The Hall–Kier alpha value is -2.22. The van der Waals surface area contributed by atoms with Crippen LogP contribution in [0.2, 0.25) is 0 Å². The van der Waals surface area contributed by atoms with Gasteiger partial charge in [0.2, 0.25) is 0 Å². The van der Waals surface area contributed by atoms with E-state index in [2.05, 4.69) is 10.1 Å². The molecule has 22 heavy (non-hydrogen) atoms. The molecule has 2 rings (SSSR count). The van der Waals surface area contributed by atoms with Crippen LogP contribution in [0.3, 0.4) is 0 Å². The lowest BCUT2D eigenvalue weighted by molar-refractivity contribution is -0.274. The van der Waals surface area contributed by atoms with Crippen LogP contribution in [0.5, 0.6) is 11.5 Å². The van der Waals surface area contributed by atoms with Gasteiger partial charge in [-0.15, -0.1) is 24.5 Å². The number of hydrogen-bond donors (Lipinski definition) is 1. The number of thiophene rings is 1. The second-order valence-corrected chi connectivity index (χ2v) is 5.13. The molecule has 0 spiro atoms. The molecule has 0 aliphatic heterocycles. The Labute approximate surface area is 128 Å². The Morgan fingerprint density at radius 3 is 2.68 bits per heavy atom. The number of halogens is 3. The largest absolute Gasteiger partial charge is 0.573 e. The molecule has 0 saturated carbocycles. The third-order valence-corrected chi connectivity index (χ3v) is 3.55. The van der Waals surface area contributed by atoms with Gasteiger partial charge < -0.3 is 14.8 Å². The number of benzene rings is 1. The van der Waals surface area contributed by atoms with Crippen LogP contribution >= 0.6 is 11.3 Å². The van der Waals surface area contributed by atoms with Crippen LogP contribution in [0, 0.1) is 0 Å². The first-order valence-electron chi connectivity index (χ1n) is 6.13. The molecule has 2 aromatic rings. The lowest BCUT2D eigenvalue weighted by Crippen LogP contribution is -2.23. The van der Waals surface area contributed by atoms with Crippen molar-refractivity contribution in [1.29, 1.82) is 0 Å². The van der Waals surface area contributed by atoms with Gasteiger partial charge in [-0.25, -0.2) is 0 Å². The Balaban J connectivity index is 2.13. The molecular formula is C14H12F3NO3S. The molecule has 0 unspecified atom stereocenters. The molecule has 0 fully saturated rings. The summed E-state index contributed by atoms with van der Waals surface area (Å²) in [4.78, 5) is 12.3. The van der Waals surface area contributed by atoms with E-state index in [1.807, 2.05) is 0 Å². The van der Waals surface area contributed by atoms with Crippen LogP contribution in [-0.4, -0.2) is 19.4 Å². The number of ether oxygens (including phenoxy) is 2. The molecular weight excluding hydrogens is 319 g/mol. The zero-order chi connectivity index (χ0) is 16.2. The third kappa shape index (κ3) is 4.39. The van der Waals surface area contributed by atoms with Gasteiger partial charge in [0.1, 0.15) is 11.5 Å². The SMILES string of the molecule is COc1ccc(CNC(=O)c2cccs2)c(OC(F)(F)F)c1. The van der Waals surface area contributed by atoms with Gasteiger partial charge in [0.15, 0.2) is 0 Å². The van der Waals surface area contributed by atoms with Crippen molar-refractivity contribution >= 4 is 17.2 Å². The van der Waals surface area contributed by atoms with Crippen LogP contribution in [0.25, 0.3) is 0 Å². The van der Waals surface area contributed by atoms with Crippen LogP contribution in [-0.2, 0) is 6.54 Å². The highest BCUT2D eigenvalue weighted by molar-refractivity contribution is 7.12. The summed E-state index contributed by atoms with van der Waals surface area (Å²) in [5.41, 5.74) is 0.197. The third-order valence-electron chi connectivity index (χ3n) is 2.68. The van der Waals surface area contributed by atoms with Crippen molar-refractivity contribution in [1.82, 2.24) is 5.32 Å². The van der Waals surface area contributed by atoms with Gasteiger partial charge in [-0.1, -0.05) is 6.07 Å². The van der Waals surface area contributed by atoms with E-state index in [0.29, 0.717) is 4.88 Å². The van der Waals surface area contributed by atoms with E-state index in [1.165, 1.54) is 30.6 Å². The molecule has 4 nitrogen and oxygen atoms in total. The van der Waals surface area contributed by atoms with Crippen molar-refractivity contribution in [2.75, 3.05) is 7.11 Å². The Kier molecular flexibility index (Phi) is 4.92. The summed E-state index contributed by atoms with van der Waals surface area (Å²) in [6.45, 7) is -0.0911. The molecule has 1 amide bonds. The predicted octanol–water partition coefficient (Wildman–Crippen LogP) is 3.59. The van der Waals surface area contributed by atoms with Gasteiger partial charge in [-0.05, 0) is 23.6 Å². The summed E-state index contributed by atoms with van der Waals surface area (Å²) in [6.07, 6.45) is -4.82. The Morgan fingerprint density at radius 1 is 1.32 bits per heavy atom. The Bertz CT molecular complexity index is 641. The van der Waals surface area contributed by atoms with Crippen LogP contribution < -0.4 is 14.8 Å². The number of hydrogen-bond acceptors (Lipinski definition) is 4. The maximum Gasteiger partial charge on any atom is 0.573 e. The first-order chi connectivity index (χ1) is 10.4. The standard InChI is InChI=1S/C14H12F3NO3S/c1-20-10-5-4-9(11(7-10)21-14(15,16)17)8-18-13(19)12-3-2-6-22-12/h2-7H,8H2,1H3,(H,18,19). The fourth-order valence-corrected chi connectivity index (χ4v) is 2.34. The van der Waals surface area contributed by atoms with Crippen LogP contribution in [0.4, 0.5) is 13.2 Å². The predicted molar refractivity (Wildman–Crippen MR) is 75.2 cm³/mol. The molecule has 1 aromatic carbocycles. The van der Waals surface area contributed by atoms with Crippen LogP contribution in [0.1, 0.15) is 15.2 Å². The average Bonchev–Trinajstić information content (AvgIpc) is 2.98. The lowest BCUT2D eigenvalue weighted by atomic mass is 10.2. The summed E-state index contributed by atoms with van der Waals surface area (Å²) < 4.78 is 46.1. The van der Waals surface area contributed by atoms with Gasteiger partial charge in [-0.2, -0.15) is 0 Å². The minimum atomic E-state index is -4.82. The average molecular weight is 331 g/mol. The van der Waals surface area contributed by atoms with E-state index >= 15 is 0 Å². The molecule has 8 heteroatoms. The minimum absolute atomic E-state index is 0.0911. The van der Waals surface area contributed by atoms with E-state index in [1.54, 1.807) is 17.5 Å². The van der Waals surface area contributed by atoms with Crippen molar-refractivity contribution in [2.45, 2.75) is 12.9 Å². The second-order valence-electron chi connectivity index (χ2n) is 4.18. The topological polar surface area (TPSA) is 47.6 Å². The zero-order valence-electron chi connectivity index (χ0n) is 11.4.